The number of ether oxygens (including phenoxy) is 1. The van der Waals surface area contributed by atoms with Gasteiger partial charge in [0.15, 0.2) is 0 Å². The fourth-order valence-corrected chi connectivity index (χ4v) is 2.93. The average Bonchev–Trinajstić information content (AvgIpc) is 2.68. The summed E-state index contributed by atoms with van der Waals surface area (Å²) in [7, 11) is 0. The number of benzene rings is 2. The zero-order valence-corrected chi connectivity index (χ0v) is 15.5. The highest BCUT2D eigenvalue weighted by Gasteiger charge is 2.34. The fraction of sp³-hybridized carbons (Fsp3) is 0.238. The zero-order chi connectivity index (χ0) is 20.3. The summed E-state index contributed by atoms with van der Waals surface area (Å²) < 4.78 is 46.1. The topological polar surface area (TPSA) is 42.4 Å². The van der Waals surface area contributed by atoms with E-state index in [4.69, 9.17) is 4.74 Å². The molecule has 0 aliphatic rings. The van der Waals surface area contributed by atoms with E-state index < -0.39 is 17.8 Å². The molecule has 1 amide bonds. The lowest BCUT2D eigenvalue weighted by molar-refractivity contribution is -0.136. The molecule has 0 saturated heterocycles. The molecule has 3 aromatic rings. The lowest BCUT2D eigenvalue weighted by Gasteiger charge is -2.19. The second-order valence-electron chi connectivity index (χ2n) is 6.11. The number of fused-ring (bicyclic) bond motifs is 1. The summed E-state index contributed by atoms with van der Waals surface area (Å²) >= 11 is 0. The van der Waals surface area contributed by atoms with Crippen molar-refractivity contribution >= 4 is 17.0 Å². The maximum atomic E-state index is 13.5. The van der Waals surface area contributed by atoms with E-state index in [1.54, 1.807) is 44.2 Å². The summed E-state index contributed by atoms with van der Waals surface area (Å²) in [4.78, 5) is 18.1. The van der Waals surface area contributed by atoms with Crippen LogP contribution in [0.25, 0.3) is 22.2 Å². The van der Waals surface area contributed by atoms with Crippen LogP contribution in [0.15, 0.2) is 54.6 Å². The van der Waals surface area contributed by atoms with Gasteiger partial charge in [0, 0.05) is 30.1 Å². The van der Waals surface area contributed by atoms with Crippen molar-refractivity contribution in [2.75, 3.05) is 13.1 Å². The van der Waals surface area contributed by atoms with Crippen LogP contribution in [0.5, 0.6) is 5.75 Å². The molecule has 2 aromatic carbocycles. The molecule has 1 aromatic heterocycles. The van der Waals surface area contributed by atoms with Crippen molar-refractivity contribution in [2.24, 2.45) is 0 Å². The van der Waals surface area contributed by atoms with Gasteiger partial charge in [-0.2, -0.15) is 13.2 Å². The van der Waals surface area contributed by atoms with Crippen LogP contribution < -0.4 is 4.74 Å². The highest BCUT2D eigenvalue weighted by molar-refractivity contribution is 5.92. The summed E-state index contributed by atoms with van der Waals surface area (Å²) in [6.07, 6.45) is -5.20. The number of hydrogen-bond acceptors (Lipinski definition) is 3. The highest BCUT2D eigenvalue weighted by Crippen LogP contribution is 2.38. The molecule has 0 aliphatic carbocycles. The first-order valence-corrected chi connectivity index (χ1v) is 8.88. The Morgan fingerprint density at radius 3 is 2.32 bits per heavy atom. The number of carbonyl (C=O) groups excluding carboxylic acids is 1. The van der Waals surface area contributed by atoms with E-state index in [-0.39, 0.29) is 16.7 Å². The van der Waals surface area contributed by atoms with Crippen molar-refractivity contribution < 1.29 is 22.7 Å². The van der Waals surface area contributed by atoms with E-state index in [1.165, 1.54) is 23.1 Å². The lowest BCUT2D eigenvalue weighted by Crippen LogP contribution is -2.33. The Labute approximate surface area is 160 Å². The normalized spacial score (nSPS) is 11.5. The monoisotopic (exact) mass is 388 g/mol. The van der Waals surface area contributed by atoms with Gasteiger partial charge in [-0.05, 0) is 26.0 Å². The van der Waals surface area contributed by atoms with Crippen molar-refractivity contribution in [3.63, 3.8) is 0 Å². The Kier molecular flexibility index (Phi) is 5.53. The molecule has 28 heavy (non-hydrogen) atoms. The standard InChI is InChI=1S/C21H19F3N2O2/c1-3-26(4-2)20(27)28-18-13-17(14-9-6-5-7-10-14)25-19-15(18)11-8-12-16(19)21(22,23)24/h5-13H,3-4H2,1-2H3. The van der Waals surface area contributed by atoms with E-state index in [1.807, 2.05) is 0 Å². The molecule has 0 bridgehead atoms. The number of nitrogens with zero attached hydrogens (tertiary/aromatic N) is 2. The molecule has 0 unspecified atom stereocenters. The van der Waals surface area contributed by atoms with Crippen LogP contribution in [0.3, 0.4) is 0 Å². The van der Waals surface area contributed by atoms with Crippen LogP contribution in [-0.4, -0.2) is 29.1 Å². The van der Waals surface area contributed by atoms with Gasteiger partial charge in [0.05, 0.1) is 16.8 Å². The number of halogens is 3. The van der Waals surface area contributed by atoms with E-state index in [9.17, 15) is 18.0 Å². The number of para-hydroxylation sites is 1. The summed E-state index contributed by atoms with van der Waals surface area (Å²) in [5, 5.41) is 0.134. The van der Waals surface area contributed by atoms with Crippen molar-refractivity contribution in [1.82, 2.24) is 9.88 Å². The second-order valence-corrected chi connectivity index (χ2v) is 6.11. The summed E-state index contributed by atoms with van der Waals surface area (Å²) in [5.41, 5.74) is -0.199. The van der Waals surface area contributed by atoms with E-state index in [2.05, 4.69) is 4.98 Å². The van der Waals surface area contributed by atoms with Crippen LogP contribution in [0, 0.1) is 0 Å². The number of pyridine rings is 1. The molecule has 0 aliphatic heterocycles. The van der Waals surface area contributed by atoms with Gasteiger partial charge < -0.3 is 9.64 Å². The third-order valence-electron chi connectivity index (χ3n) is 4.40. The van der Waals surface area contributed by atoms with Gasteiger partial charge in [-0.25, -0.2) is 9.78 Å². The molecule has 0 radical (unpaired) electrons. The van der Waals surface area contributed by atoms with Crippen molar-refractivity contribution in [2.45, 2.75) is 20.0 Å². The van der Waals surface area contributed by atoms with Gasteiger partial charge >= 0.3 is 12.3 Å². The van der Waals surface area contributed by atoms with Gasteiger partial charge in [0.2, 0.25) is 0 Å². The molecule has 3 rings (SSSR count). The van der Waals surface area contributed by atoms with Crippen LogP contribution in [0.4, 0.5) is 18.0 Å². The molecule has 1 heterocycles. The minimum Gasteiger partial charge on any atom is -0.409 e. The Morgan fingerprint density at radius 1 is 1.04 bits per heavy atom. The van der Waals surface area contributed by atoms with Crippen LogP contribution in [0.2, 0.25) is 0 Å². The van der Waals surface area contributed by atoms with Crippen LogP contribution in [0.1, 0.15) is 19.4 Å². The molecule has 0 atom stereocenters. The number of carbonyl (C=O) groups is 1. The molecule has 0 fully saturated rings. The lowest BCUT2D eigenvalue weighted by atomic mass is 10.1. The predicted molar refractivity (Wildman–Crippen MR) is 101 cm³/mol. The first kappa shape index (κ1) is 19.7. The van der Waals surface area contributed by atoms with Gasteiger partial charge in [-0.3, -0.25) is 0 Å². The molecule has 146 valence electrons. The van der Waals surface area contributed by atoms with E-state index in [0.717, 1.165) is 6.07 Å². The second kappa shape index (κ2) is 7.88. The molecular formula is C21H19F3N2O2. The molecule has 4 nitrogen and oxygen atoms in total. The summed E-state index contributed by atoms with van der Waals surface area (Å²) in [5.74, 6) is 0.0480. The van der Waals surface area contributed by atoms with Gasteiger partial charge in [0.1, 0.15) is 5.75 Å². The van der Waals surface area contributed by atoms with Crippen LogP contribution >= 0.6 is 0 Å². The molecule has 0 spiro atoms. The molecule has 7 heteroatoms. The van der Waals surface area contributed by atoms with E-state index >= 15 is 0 Å². The number of aromatic nitrogens is 1. The molecule has 0 N–H and O–H groups in total. The first-order valence-electron chi connectivity index (χ1n) is 8.88. The quantitative estimate of drug-likeness (QED) is 0.571. The smallest absolute Gasteiger partial charge is 0.409 e. The molecular weight excluding hydrogens is 369 g/mol. The Bertz CT molecular complexity index is 984. The SMILES string of the molecule is CCN(CC)C(=O)Oc1cc(-c2ccccc2)nc2c(C(F)(F)F)cccc12. The number of hydrogen-bond donors (Lipinski definition) is 0. The zero-order valence-electron chi connectivity index (χ0n) is 15.5. The Hall–Kier alpha value is -3.09. The average molecular weight is 388 g/mol. The third-order valence-corrected chi connectivity index (χ3v) is 4.40. The highest BCUT2D eigenvalue weighted by atomic mass is 19.4. The molecule has 0 saturated carbocycles. The predicted octanol–water partition coefficient (Wildman–Crippen LogP) is 5.76. The third kappa shape index (κ3) is 3.93. The van der Waals surface area contributed by atoms with Crippen LogP contribution in [-0.2, 0) is 6.18 Å². The van der Waals surface area contributed by atoms with Crippen molar-refractivity contribution in [1.29, 1.82) is 0 Å². The largest absolute Gasteiger partial charge is 0.418 e. The first-order chi connectivity index (χ1) is 13.3. The fourth-order valence-electron chi connectivity index (χ4n) is 2.93. The maximum Gasteiger partial charge on any atom is 0.418 e. The van der Waals surface area contributed by atoms with Gasteiger partial charge in [0.25, 0.3) is 0 Å². The van der Waals surface area contributed by atoms with E-state index in [0.29, 0.717) is 24.3 Å². The Morgan fingerprint density at radius 2 is 1.71 bits per heavy atom. The summed E-state index contributed by atoms with van der Waals surface area (Å²) in [6, 6.07) is 14.0. The number of alkyl halides is 3. The minimum absolute atomic E-state index is 0.0480. The summed E-state index contributed by atoms with van der Waals surface area (Å²) in [6.45, 7) is 4.45. The van der Waals surface area contributed by atoms with Crippen molar-refractivity contribution in [3.05, 3.63) is 60.2 Å². The van der Waals surface area contributed by atoms with Gasteiger partial charge in [-0.15, -0.1) is 0 Å². The minimum atomic E-state index is -4.58. The Balaban J connectivity index is 2.22. The van der Waals surface area contributed by atoms with Crippen molar-refractivity contribution in [3.8, 4) is 17.0 Å². The van der Waals surface area contributed by atoms with Gasteiger partial charge in [-0.1, -0.05) is 36.4 Å². The maximum absolute atomic E-state index is 13.5. The number of rotatable bonds is 4. The number of amides is 1.